The van der Waals surface area contributed by atoms with Gasteiger partial charge >= 0.3 is 5.97 Å². The van der Waals surface area contributed by atoms with Crippen LogP contribution in [0.1, 0.15) is 5.56 Å². The molecule has 1 atom stereocenters. The number of carbonyl (C=O) groups is 1. The monoisotopic (exact) mass is 226 g/mol. The third-order valence-corrected chi connectivity index (χ3v) is 3.22. The Morgan fingerprint density at radius 3 is 2.87 bits per heavy atom. The first-order valence-corrected chi connectivity index (χ1v) is 5.46. The summed E-state index contributed by atoms with van der Waals surface area (Å²) < 4.78 is 0. The fourth-order valence-electron chi connectivity index (χ4n) is 1.02. The van der Waals surface area contributed by atoms with Crippen LogP contribution in [0.25, 0.3) is 0 Å². The quantitative estimate of drug-likeness (QED) is 0.528. The average molecular weight is 226 g/mol. The van der Waals surface area contributed by atoms with E-state index >= 15 is 0 Å². The van der Waals surface area contributed by atoms with E-state index in [4.69, 9.17) is 16.6 Å². The number of benzene rings is 1. The highest BCUT2D eigenvalue weighted by molar-refractivity contribution is 7.99. The van der Waals surface area contributed by atoms with Crippen LogP contribution in [0.4, 0.5) is 5.69 Å². The maximum atomic E-state index is 10.5. The summed E-state index contributed by atoms with van der Waals surface area (Å²) in [7, 11) is 0. The van der Waals surface area contributed by atoms with Crippen LogP contribution in [-0.4, -0.2) is 22.9 Å². The van der Waals surface area contributed by atoms with Gasteiger partial charge in [0, 0.05) is 16.3 Å². The summed E-state index contributed by atoms with van der Waals surface area (Å²) in [5.74, 6) is -0.636. The number of hydrogen-bond donors (Lipinski definition) is 3. The van der Waals surface area contributed by atoms with Crippen LogP contribution in [0.3, 0.4) is 0 Å². The van der Waals surface area contributed by atoms with E-state index in [0.717, 1.165) is 10.5 Å². The predicted molar refractivity (Wildman–Crippen MR) is 61.9 cm³/mol. The van der Waals surface area contributed by atoms with Crippen molar-refractivity contribution in [1.29, 1.82) is 0 Å². The second kappa shape index (κ2) is 5.04. The summed E-state index contributed by atoms with van der Waals surface area (Å²) in [5.41, 5.74) is 12.8. The van der Waals surface area contributed by atoms with Gasteiger partial charge in [-0.1, -0.05) is 6.07 Å². The molecule has 0 spiro atoms. The maximum absolute atomic E-state index is 10.5. The molecular weight excluding hydrogens is 212 g/mol. The molecule has 0 bridgehead atoms. The summed E-state index contributed by atoms with van der Waals surface area (Å²) in [6, 6.07) is 4.71. The molecule has 1 unspecified atom stereocenters. The van der Waals surface area contributed by atoms with Crippen molar-refractivity contribution in [2.45, 2.75) is 17.9 Å². The van der Waals surface area contributed by atoms with E-state index in [1.807, 2.05) is 25.1 Å². The zero-order valence-electron chi connectivity index (χ0n) is 8.43. The molecular formula is C10H14N2O2S. The summed E-state index contributed by atoms with van der Waals surface area (Å²) >= 11 is 1.41. The average Bonchev–Trinajstić information content (AvgIpc) is 2.18. The second-order valence-electron chi connectivity index (χ2n) is 3.28. The number of thioether (sulfide) groups is 1. The number of hydrogen-bond acceptors (Lipinski definition) is 4. The van der Waals surface area contributed by atoms with Crippen LogP contribution < -0.4 is 11.5 Å². The van der Waals surface area contributed by atoms with Crippen molar-refractivity contribution >= 4 is 23.4 Å². The van der Waals surface area contributed by atoms with Gasteiger partial charge < -0.3 is 16.6 Å². The fraction of sp³-hybridized carbons (Fsp3) is 0.300. The highest BCUT2D eigenvalue weighted by Crippen LogP contribution is 2.24. The fourth-order valence-corrected chi connectivity index (χ4v) is 2.04. The van der Waals surface area contributed by atoms with Gasteiger partial charge in [-0.25, -0.2) is 0 Å². The van der Waals surface area contributed by atoms with Gasteiger partial charge in [0.1, 0.15) is 6.04 Å². The van der Waals surface area contributed by atoms with Gasteiger partial charge in [0.15, 0.2) is 0 Å². The molecule has 82 valence electrons. The van der Waals surface area contributed by atoms with Gasteiger partial charge in [-0.15, -0.1) is 11.8 Å². The molecule has 0 aromatic heterocycles. The van der Waals surface area contributed by atoms with Crippen LogP contribution in [0.5, 0.6) is 0 Å². The van der Waals surface area contributed by atoms with E-state index in [9.17, 15) is 4.79 Å². The van der Waals surface area contributed by atoms with Gasteiger partial charge in [0.25, 0.3) is 0 Å². The summed E-state index contributed by atoms with van der Waals surface area (Å²) in [6.45, 7) is 1.95. The van der Waals surface area contributed by atoms with Crippen molar-refractivity contribution in [2.75, 3.05) is 11.5 Å². The zero-order valence-corrected chi connectivity index (χ0v) is 9.25. The standard InChI is InChI=1S/C10H14N2O2S/c1-6-2-3-7(11)4-9(6)15-5-8(12)10(13)14/h2-4,8H,5,11-12H2,1H3,(H,13,14). The Morgan fingerprint density at radius 2 is 2.27 bits per heavy atom. The lowest BCUT2D eigenvalue weighted by Gasteiger charge is -2.08. The van der Waals surface area contributed by atoms with E-state index < -0.39 is 12.0 Å². The Labute approximate surface area is 92.6 Å². The molecule has 0 aliphatic rings. The Kier molecular flexibility index (Phi) is 3.99. The highest BCUT2D eigenvalue weighted by atomic mass is 32.2. The van der Waals surface area contributed by atoms with Crippen LogP contribution >= 0.6 is 11.8 Å². The van der Waals surface area contributed by atoms with Crippen molar-refractivity contribution in [3.63, 3.8) is 0 Å². The van der Waals surface area contributed by atoms with Crippen molar-refractivity contribution in [2.24, 2.45) is 5.73 Å². The SMILES string of the molecule is Cc1ccc(N)cc1SCC(N)C(=O)O. The Bertz CT molecular complexity index is 368. The lowest BCUT2D eigenvalue weighted by Crippen LogP contribution is -2.32. The number of carboxylic acids is 1. The van der Waals surface area contributed by atoms with E-state index in [2.05, 4.69) is 0 Å². The number of aliphatic carboxylic acids is 1. The summed E-state index contributed by atoms with van der Waals surface area (Å²) in [6.07, 6.45) is 0. The molecule has 1 aromatic rings. The number of aryl methyl sites for hydroxylation is 1. The highest BCUT2D eigenvalue weighted by Gasteiger charge is 2.12. The number of carboxylic acid groups (broad SMARTS) is 1. The molecule has 1 aromatic carbocycles. The molecule has 0 amide bonds. The van der Waals surface area contributed by atoms with Crippen molar-refractivity contribution in [1.82, 2.24) is 0 Å². The third-order valence-electron chi connectivity index (χ3n) is 1.95. The lowest BCUT2D eigenvalue weighted by atomic mass is 10.2. The minimum Gasteiger partial charge on any atom is -0.480 e. The number of nitrogen functional groups attached to an aromatic ring is 1. The Balaban J connectivity index is 2.65. The molecule has 0 aliphatic carbocycles. The maximum Gasteiger partial charge on any atom is 0.321 e. The van der Waals surface area contributed by atoms with E-state index in [1.165, 1.54) is 11.8 Å². The largest absolute Gasteiger partial charge is 0.480 e. The first-order valence-electron chi connectivity index (χ1n) is 4.48. The number of anilines is 1. The van der Waals surface area contributed by atoms with Crippen LogP contribution in [-0.2, 0) is 4.79 Å². The molecule has 5 heteroatoms. The van der Waals surface area contributed by atoms with Crippen LogP contribution in [0, 0.1) is 6.92 Å². The summed E-state index contributed by atoms with van der Waals surface area (Å²) in [4.78, 5) is 11.5. The Hall–Kier alpha value is -1.20. The van der Waals surface area contributed by atoms with E-state index in [-0.39, 0.29) is 0 Å². The van der Waals surface area contributed by atoms with Crippen LogP contribution in [0.15, 0.2) is 23.1 Å². The van der Waals surface area contributed by atoms with Gasteiger partial charge in [0.2, 0.25) is 0 Å². The third kappa shape index (κ3) is 3.45. The molecule has 0 heterocycles. The molecule has 1 rings (SSSR count). The first-order chi connectivity index (χ1) is 7.00. The minimum absolute atomic E-state index is 0.347. The molecule has 4 nitrogen and oxygen atoms in total. The molecule has 15 heavy (non-hydrogen) atoms. The zero-order chi connectivity index (χ0) is 11.4. The van der Waals surface area contributed by atoms with Crippen molar-refractivity contribution in [3.8, 4) is 0 Å². The van der Waals surface area contributed by atoms with E-state index in [0.29, 0.717) is 11.4 Å². The van der Waals surface area contributed by atoms with Crippen LogP contribution in [0.2, 0.25) is 0 Å². The molecule has 5 N–H and O–H groups in total. The topological polar surface area (TPSA) is 89.3 Å². The second-order valence-corrected chi connectivity index (χ2v) is 4.34. The summed E-state index contributed by atoms with van der Waals surface area (Å²) in [5, 5.41) is 8.62. The van der Waals surface area contributed by atoms with Gasteiger partial charge in [0.05, 0.1) is 0 Å². The first kappa shape index (κ1) is 11.9. The molecule has 0 radical (unpaired) electrons. The van der Waals surface area contributed by atoms with Crippen molar-refractivity contribution in [3.05, 3.63) is 23.8 Å². The Morgan fingerprint density at radius 1 is 1.60 bits per heavy atom. The van der Waals surface area contributed by atoms with Gasteiger partial charge in [-0.05, 0) is 24.6 Å². The minimum atomic E-state index is -0.982. The molecule has 0 fully saturated rings. The number of rotatable bonds is 4. The van der Waals surface area contributed by atoms with Gasteiger partial charge in [-0.3, -0.25) is 4.79 Å². The molecule has 0 saturated heterocycles. The number of nitrogens with two attached hydrogens (primary N) is 2. The van der Waals surface area contributed by atoms with Gasteiger partial charge in [-0.2, -0.15) is 0 Å². The van der Waals surface area contributed by atoms with Crippen molar-refractivity contribution < 1.29 is 9.90 Å². The predicted octanol–water partition coefficient (Wildman–Crippen LogP) is 1.08. The lowest BCUT2D eigenvalue weighted by molar-refractivity contribution is -0.137. The van der Waals surface area contributed by atoms with E-state index in [1.54, 1.807) is 0 Å². The molecule has 0 saturated carbocycles. The normalized spacial score (nSPS) is 12.4. The smallest absolute Gasteiger partial charge is 0.321 e. The molecule has 0 aliphatic heterocycles.